The number of H-pyrrole nitrogens is 1. The van der Waals surface area contributed by atoms with Gasteiger partial charge in [0.2, 0.25) is 0 Å². The van der Waals surface area contributed by atoms with Crippen LogP contribution in [0.1, 0.15) is 17.7 Å². The normalized spacial score (nSPS) is 20.9. The standard InChI is InChI=1S/C15H21N3/c1-11-6-14-3-2-12(7-15(14)17-11)9-18-5-4-13(8-16)10-18/h2-3,6-7,13,17H,4-5,8-10,16H2,1H3. The van der Waals surface area contributed by atoms with Crippen LogP contribution in [0.2, 0.25) is 0 Å². The molecule has 0 aliphatic carbocycles. The second-order valence-electron chi connectivity index (χ2n) is 5.50. The quantitative estimate of drug-likeness (QED) is 0.868. The van der Waals surface area contributed by atoms with E-state index < -0.39 is 0 Å². The summed E-state index contributed by atoms with van der Waals surface area (Å²) in [5.74, 6) is 0.696. The molecule has 0 bridgehead atoms. The summed E-state index contributed by atoms with van der Waals surface area (Å²) in [4.78, 5) is 5.91. The van der Waals surface area contributed by atoms with E-state index in [9.17, 15) is 0 Å². The van der Waals surface area contributed by atoms with Gasteiger partial charge in [0.25, 0.3) is 0 Å². The van der Waals surface area contributed by atoms with Gasteiger partial charge in [-0.3, -0.25) is 4.90 Å². The van der Waals surface area contributed by atoms with Crippen molar-refractivity contribution in [1.82, 2.24) is 9.88 Å². The monoisotopic (exact) mass is 243 g/mol. The number of aromatic nitrogens is 1. The molecular weight excluding hydrogens is 222 g/mol. The molecule has 1 unspecified atom stereocenters. The van der Waals surface area contributed by atoms with Crippen molar-refractivity contribution < 1.29 is 0 Å². The first kappa shape index (κ1) is 11.8. The zero-order valence-electron chi connectivity index (χ0n) is 10.9. The molecule has 3 N–H and O–H groups in total. The SMILES string of the molecule is Cc1cc2ccc(CN3CCC(CN)C3)cc2[nH]1. The molecule has 96 valence electrons. The van der Waals surface area contributed by atoms with E-state index in [1.807, 2.05) is 0 Å². The van der Waals surface area contributed by atoms with Crippen molar-refractivity contribution in [3.05, 3.63) is 35.5 Å². The molecule has 2 aromatic rings. The van der Waals surface area contributed by atoms with Gasteiger partial charge in [-0.2, -0.15) is 0 Å². The summed E-state index contributed by atoms with van der Waals surface area (Å²) in [5, 5.41) is 1.30. The highest BCUT2D eigenvalue weighted by atomic mass is 15.1. The third-order valence-corrected chi connectivity index (χ3v) is 3.93. The summed E-state index contributed by atoms with van der Waals surface area (Å²) in [5.41, 5.74) is 9.60. The largest absolute Gasteiger partial charge is 0.359 e. The van der Waals surface area contributed by atoms with Gasteiger partial charge in [-0.25, -0.2) is 0 Å². The Morgan fingerprint density at radius 2 is 2.28 bits per heavy atom. The molecular formula is C15H21N3. The minimum absolute atomic E-state index is 0.696. The lowest BCUT2D eigenvalue weighted by Crippen LogP contribution is -2.22. The molecule has 0 saturated carbocycles. The van der Waals surface area contributed by atoms with Crippen molar-refractivity contribution in [2.75, 3.05) is 19.6 Å². The Bertz CT molecular complexity index is 544. The summed E-state index contributed by atoms with van der Waals surface area (Å²) in [6, 6.07) is 8.92. The van der Waals surface area contributed by atoms with Gasteiger partial charge in [0, 0.05) is 24.3 Å². The average Bonchev–Trinajstić information content (AvgIpc) is 2.94. The van der Waals surface area contributed by atoms with Crippen LogP contribution in [0.25, 0.3) is 10.9 Å². The van der Waals surface area contributed by atoms with Crippen LogP contribution in [0.4, 0.5) is 0 Å². The number of nitrogens with zero attached hydrogens (tertiary/aromatic N) is 1. The summed E-state index contributed by atoms with van der Waals surface area (Å²) < 4.78 is 0. The van der Waals surface area contributed by atoms with Crippen LogP contribution in [0, 0.1) is 12.8 Å². The molecule has 0 radical (unpaired) electrons. The van der Waals surface area contributed by atoms with Crippen molar-refractivity contribution in [3.8, 4) is 0 Å². The summed E-state index contributed by atoms with van der Waals surface area (Å²) in [6.45, 7) is 6.31. The number of aryl methyl sites for hydroxylation is 1. The van der Waals surface area contributed by atoms with Gasteiger partial charge >= 0.3 is 0 Å². The van der Waals surface area contributed by atoms with Crippen molar-refractivity contribution in [2.45, 2.75) is 19.9 Å². The zero-order chi connectivity index (χ0) is 12.5. The summed E-state index contributed by atoms with van der Waals surface area (Å²) in [6.07, 6.45) is 1.25. The fourth-order valence-electron chi connectivity index (χ4n) is 2.92. The van der Waals surface area contributed by atoms with Gasteiger partial charge in [-0.05, 0) is 55.4 Å². The van der Waals surface area contributed by atoms with Crippen molar-refractivity contribution in [1.29, 1.82) is 0 Å². The Labute approximate surface area is 108 Å². The molecule has 1 aliphatic heterocycles. The molecule has 3 heteroatoms. The van der Waals surface area contributed by atoms with Crippen molar-refractivity contribution >= 4 is 10.9 Å². The third kappa shape index (κ3) is 2.28. The van der Waals surface area contributed by atoms with Gasteiger partial charge in [0.1, 0.15) is 0 Å². The second-order valence-corrected chi connectivity index (χ2v) is 5.50. The molecule has 1 saturated heterocycles. The van der Waals surface area contributed by atoms with Crippen LogP contribution in [0.5, 0.6) is 0 Å². The summed E-state index contributed by atoms with van der Waals surface area (Å²) in [7, 11) is 0. The van der Waals surface area contributed by atoms with E-state index >= 15 is 0 Å². The van der Waals surface area contributed by atoms with Gasteiger partial charge in [0.05, 0.1) is 0 Å². The first-order valence-electron chi connectivity index (χ1n) is 6.75. The second kappa shape index (κ2) is 4.75. The van der Waals surface area contributed by atoms with E-state index in [4.69, 9.17) is 5.73 Å². The number of hydrogen-bond donors (Lipinski definition) is 2. The van der Waals surface area contributed by atoms with E-state index in [2.05, 4.69) is 41.1 Å². The molecule has 1 fully saturated rings. The number of likely N-dealkylation sites (tertiary alicyclic amines) is 1. The number of rotatable bonds is 3. The van der Waals surface area contributed by atoms with E-state index in [1.54, 1.807) is 0 Å². The number of nitrogens with two attached hydrogens (primary N) is 1. The van der Waals surface area contributed by atoms with Crippen LogP contribution in [-0.2, 0) is 6.54 Å². The fraction of sp³-hybridized carbons (Fsp3) is 0.467. The number of benzene rings is 1. The molecule has 1 aromatic heterocycles. The van der Waals surface area contributed by atoms with Gasteiger partial charge in [-0.15, -0.1) is 0 Å². The van der Waals surface area contributed by atoms with Crippen LogP contribution in [0.15, 0.2) is 24.3 Å². The number of hydrogen-bond acceptors (Lipinski definition) is 2. The molecule has 1 aromatic carbocycles. The molecule has 0 amide bonds. The molecule has 0 spiro atoms. The maximum absolute atomic E-state index is 5.73. The van der Waals surface area contributed by atoms with Crippen LogP contribution >= 0.6 is 0 Å². The van der Waals surface area contributed by atoms with E-state index in [0.29, 0.717) is 5.92 Å². The molecule has 3 nitrogen and oxygen atoms in total. The lowest BCUT2D eigenvalue weighted by atomic mass is 10.1. The van der Waals surface area contributed by atoms with Crippen molar-refractivity contribution in [3.63, 3.8) is 0 Å². The Kier molecular flexibility index (Phi) is 3.10. The van der Waals surface area contributed by atoms with Crippen LogP contribution in [0.3, 0.4) is 0 Å². The molecule has 2 heterocycles. The number of fused-ring (bicyclic) bond motifs is 1. The van der Waals surface area contributed by atoms with Crippen molar-refractivity contribution in [2.24, 2.45) is 11.7 Å². The predicted octanol–water partition coefficient (Wildman–Crippen LogP) is 2.26. The molecule has 1 aliphatic rings. The highest BCUT2D eigenvalue weighted by Crippen LogP contribution is 2.21. The topological polar surface area (TPSA) is 45.0 Å². The first-order valence-corrected chi connectivity index (χ1v) is 6.75. The van der Waals surface area contributed by atoms with Gasteiger partial charge < -0.3 is 10.7 Å². The predicted molar refractivity (Wildman–Crippen MR) is 75.5 cm³/mol. The average molecular weight is 243 g/mol. The number of nitrogens with one attached hydrogen (secondary N) is 1. The first-order chi connectivity index (χ1) is 8.74. The van der Waals surface area contributed by atoms with Crippen LogP contribution < -0.4 is 5.73 Å². The molecule has 1 atom stereocenters. The summed E-state index contributed by atoms with van der Waals surface area (Å²) >= 11 is 0. The number of aromatic amines is 1. The van der Waals surface area contributed by atoms with E-state index in [1.165, 1.54) is 35.1 Å². The zero-order valence-corrected chi connectivity index (χ0v) is 10.9. The molecule has 3 rings (SSSR count). The molecule has 18 heavy (non-hydrogen) atoms. The highest BCUT2D eigenvalue weighted by Gasteiger charge is 2.20. The minimum atomic E-state index is 0.696. The smallest absolute Gasteiger partial charge is 0.0459 e. The van der Waals surface area contributed by atoms with Crippen LogP contribution in [-0.4, -0.2) is 29.5 Å². The maximum atomic E-state index is 5.73. The lowest BCUT2D eigenvalue weighted by Gasteiger charge is -2.15. The van der Waals surface area contributed by atoms with Gasteiger partial charge in [0.15, 0.2) is 0 Å². The third-order valence-electron chi connectivity index (χ3n) is 3.93. The Morgan fingerprint density at radius 3 is 3.06 bits per heavy atom. The lowest BCUT2D eigenvalue weighted by molar-refractivity contribution is 0.318. The van der Waals surface area contributed by atoms with E-state index in [-0.39, 0.29) is 0 Å². The maximum Gasteiger partial charge on any atom is 0.0459 e. The fourth-order valence-corrected chi connectivity index (χ4v) is 2.92. The Morgan fingerprint density at radius 1 is 1.39 bits per heavy atom. The van der Waals surface area contributed by atoms with Gasteiger partial charge in [-0.1, -0.05) is 12.1 Å². The van der Waals surface area contributed by atoms with E-state index in [0.717, 1.165) is 19.6 Å². The Balaban J connectivity index is 1.74. The Hall–Kier alpha value is -1.32. The highest BCUT2D eigenvalue weighted by molar-refractivity contribution is 5.80. The minimum Gasteiger partial charge on any atom is -0.359 e.